The van der Waals surface area contributed by atoms with Gasteiger partial charge in [-0.2, -0.15) is 0 Å². The molecule has 8 heteroatoms. The minimum atomic E-state index is -0.176. The minimum Gasteiger partial charge on any atom is -0.339 e. The lowest BCUT2D eigenvalue weighted by molar-refractivity contribution is -0.127. The Kier molecular flexibility index (Phi) is 7.04. The topological polar surface area (TPSA) is 80.1 Å². The van der Waals surface area contributed by atoms with Crippen LogP contribution in [0.25, 0.3) is 11.8 Å². The summed E-state index contributed by atoms with van der Waals surface area (Å²) in [6.07, 6.45) is 10.4. The molecule has 1 saturated heterocycles. The van der Waals surface area contributed by atoms with Crippen molar-refractivity contribution >= 4 is 34.9 Å². The number of carbonyl (C=O) groups excluding carboxylic acids is 2. The molecule has 36 heavy (non-hydrogen) atoms. The Labute approximate surface area is 214 Å². The van der Waals surface area contributed by atoms with Crippen LogP contribution in [-0.2, 0) is 4.79 Å². The maximum atomic E-state index is 13.2. The first-order chi connectivity index (χ1) is 17.6. The number of rotatable bonds is 6. The van der Waals surface area contributed by atoms with E-state index in [1.165, 1.54) is 0 Å². The Morgan fingerprint density at radius 3 is 2.58 bits per heavy atom. The first-order valence-electron chi connectivity index (χ1n) is 11.9. The van der Waals surface area contributed by atoms with Gasteiger partial charge in [-0.25, -0.2) is 4.98 Å². The highest BCUT2D eigenvalue weighted by Gasteiger charge is 2.27. The van der Waals surface area contributed by atoms with Crippen molar-refractivity contribution in [1.29, 1.82) is 0 Å². The Morgan fingerprint density at radius 1 is 1.08 bits per heavy atom. The molecule has 0 spiro atoms. The maximum absolute atomic E-state index is 13.2. The van der Waals surface area contributed by atoms with Crippen molar-refractivity contribution in [1.82, 2.24) is 19.4 Å². The Balaban J connectivity index is 1.25. The molecule has 3 aromatic heterocycles. The summed E-state index contributed by atoms with van der Waals surface area (Å²) in [6, 6.07) is 15.3. The standard InChI is InChI=1S/C28H27N5O2S/c1-20-4-10-25(28(35)31-22-5-7-23(8-6-22)33-17-14-29-19-33)27(30-20)21-12-15-32(16-13-21)26(34)11-9-24-3-2-18-36-24/h2-11,14,17-19,21H,12-13,15-16H2,1H3,(H,31,35)/b11-9+. The maximum Gasteiger partial charge on any atom is 0.257 e. The van der Waals surface area contributed by atoms with Crippen molar-refractivity contribution in [2.75, 3.05) is 18.4 Å². The third kappa shape index (κ3) is 5.44. The van der Waals surface area contributed by atoms with Crippen molar-refractivity contribution in [2.45, 2.75) is 25.7 Å². The van der Waals surface area contributed by atoms with E-state index >= 15 is 0 Å². The van der Waals surface area contributed by atoms with Gasteiger partial charge in [0.15, 0.2) is 0 Å². The third-order valence-electron chi connectivity index (χ3n) is 6.36. The quantitative estimate of drug-likeness (QED) is 0.366. The number of likely N-dealkylation sites (tertiary alicyclic amines) is 1. The zero-order valence-corrected chi connectivity index (χ0v) is 20.8. The normalized spacial score (nSPS) is 14.3. The number of hydrogen-bond acceptors (Lipinski definition) is 5. The average molecular weight is 498 g/mol. The molecular formula is C28H27N5O2S. The summed E-state index contributed by atoms with van der Waals surface area (Å²) in [7, 11) is 0. The van der Waals surface area contributed by atoms with Crippen molar-refractivity contribution in [2.24, 2.45) is 0 Å². The molecule has 0 aliphatic carbocycles. The number of pyridine rings is 1. The van der Waals surface area contributed by atoms with Crippen LogP contribution in [-0.4, -0.2) is 44.3 Å². The number of nitrogens with zero attached hydrogens (tertiary/aromatic N) is 4. The lowest BCUT2D eigenvalue weighted by Crippen LogP contribution is -2.37. The fourth-order valence-corrected chi connectivity index (χ4v) is 5.04. The van der Waals surface area contributed by atoms with Gasteiger partial charge in [0.05, 0.1) is 17.6 Å². The highest BCUT2D eigenvalue weighted by Crippen LogP contribution is 2.30. The smallest absolute Gasteiger partial charge is 0.257 e. The van der Waals surface area contributed by atoms with Gasteiger partial charge in [0.1, 0.15) is 0 Å². The molecule has 0 bridgehead atoms. The van der Waals surface area contributed by atoms with Gasteiger partial charge in [0.2, 0.25) is 5.91 Å². The molecule has 4 aromatic rings. The van der Waals surface area contributed by atoms with E-state index in [4.69, 9.17) is 4.98 Å². The first-order valence-corrected chi connectivity index (χ1v) is 12.8. The molecule has 4 heterocycles. The predicted molar refractivity (Wildman–Crippen MR) is 142 cm³/mol. The lowest BCUT2D eigenvalue weighted by atomic mass is 9.89. The van der Waals surface area contributed by atoms with Crippen LogP contribution in [0.5, 0.6) is 0 Å². The van der Waals surface area contributed by atoms with Crippen molar-refractivity contribution in [3.63, 3.8) is 0 Å². The number of carbonyl (C=O) groups is 2. The second-order valence-corrected chi connectivity index (χ2v) is 9.78. The number of anilines is 1. The summed E-state index contributed by atoms with van der Waals surface area (Å²) in [4.78, 5) is 37.6. The van der Waals surface area contributed by atoms with Gasteiger partial charge in [-0.3, -0.25) is 14.6 Å². The fraction of sp³-hybridized carbons (Fsp3) is 0.214. The summed E-state index contributed by atoms with van der Waals surface area (Å²) in [5.74, 6) is -0.0268. The number of piperidine rings is 1. The highest BCUT2D eigenvalue weighted by molar-refractivity contribution is 7.10. The van der Waals surface area contributed by atoms with Crippen LogP contribution in [0.1, 0.15) is 45.4 Å². The van der Waals surface area contributed by atoms with E-state index in [2.05, 4.69) is 10.3 Å². The van der Waals surface area contributed by atoms with Gasteiger partial charge in [-0.1, -0.05) is 6.07 Å². The average Bonchev–Trinajstić information content (AvgIpc) is 3.63. The molecule has 0 atom stereocenters. The van der Waals surface area contributed by atoms with E-state index in [-0.39, 0.29) is 17.7 Å². The number of nitrogens with one attached hydrogen (secondary N) is 1. The van der Waals surface area contributed by atoms with Gasteiger partial charge in [-0.05, 0) is 73.7 Å². The van der Waals surface area contributed by atoms with E-state index < -0.39 is 0 Å². The SMILES string of the molecule is Cc1ccc(C(=O)Nc2ccc(-n3ccnc3)cc2)c(C2CCN(C(=O)/C=C/c3cccs3)CC2)n1. The van der Waals surface area contributed by atoms with Crippen LogP contribution >= 0.6 is 11.3 Å². The summed E-state index contributed by atoms with van der Waals surface area (Å²) in [6.45, 7) is 3.23. The second kappa shape index (κ2) is 10.7. The monoisotopic (exact) mass is 497 g/mol. The summed E-state index contributed by atoms with van der Waals surface area (Å²) in [5.41, 5.74) is 3.96. The molecule has 182 valence electrons. The van der Waals surface area contributed by atoms with Crippen molar-refractivity contribution in [3.8, 4) is 5.69 Å². The van der Waals surface area contributed by atoms with E-state index in [9.17, 15) is 9.59 Å². The molecule has 1 N–H and O–H groups in total. The number of benzene rings is 1. The van der Waals surface area contributed by atoms with Crippen LogP contribution < -0.4 is 5.32 Å². The van der Waals surface area contributed by atoms with E-state index in [0.29, 0.717) is 24.3 Å². The van der Waals surface area contributed by atoms with Gasteiger partial charge in [-0.15, -0.1) is 11.3 Å². The molecule has 1 aliphatic heterocycles. The second-order valence-electron chi connectivity index (χ2n) is 8.80. The Hall–Kier alpha value is -4.04. The Bertz CT molecular complexity index is 1350. The number of hydrogen-bond donors (Lipinski definition) is 1. The van der Waals surface area contributed by atoms with Gasteiger partial charge < -0.3 is 14.8 Å². The largest absolute Gasteiger partial charge is 0.339 e. The predicted octanol–water partition coefficient (Wildman–Crippen LogP) is 5.31. The van der Waals surface area contributed by atoms with Crippen LogP contribution in [0.2, 0.25) is 0 Å². The zero-order chi connectivity index (χ0) is 24.9. The van der Waals surface area contributed by atoms with E-state index in [1.807, 2.05) is 82.6 Å². The summed E-state index contributed by atoms with van der Waals surface area (Å²) in [5, 5.41) is 5.01. The van der Waals surface area contributed by atoms with Crippen molar-refractivity contribution < 1.29 is 9.59 Å². The molecule has 1 fully saturated rings. The minimum absolute atomic E-state index is 0.0242. The van der Waals surface area contributed by atoms with E-state index in [0.717, 1.165) is 34.8 Å². The first kappa shape index (κ1) is 23.7. The summed E-state index contributed by atoms with van der Waals surface area (Å²) >= 11 is 1.61. The van der Waals surface area contributed by atoms with Crippen LogP contribution in [0.4, 0.5) is 5.69 Å². The van der Waals surface area contributed by atoms with Gasteiger partial charge in [0, 0.05) is 59.4 Å². The Morgan fingerprint density at radius 2 is 1.89 bits per heavy atom. The molecule has 0 radical (unpaired) electrons. The van der Waals surface area contributed by atoms with Crippen molar-refractivity contribution in [3.05, 3.63) is 101 Å². The molecule has 0 unspecified atom stereocenters. The van der Waals surface area contributed by atoms with Crippen LogP contribution in [0.15, 0.2) is 78.7 Å². The molecule has 0 saturated carbocycles. The third-order valence-corrected chi connectivity index (χ3v) is 7.20. The van der Waals surface area contributed by atoms with Crippen LogP contribution in [0.3, 0.4) is 0 Å². The number of aromatic nitrogens is 3. The van der Waals surface area contributed by atoms with E-state index in [1.54, 1.807) is 29.9 Å². The number of amides is 2. The zero-order valence-electron chi connectivity index (χ0n) is 20.0. The highest BCUT2D eigenvalue weighted by atomic mass is 32.1. The van der Waals surface area contributed by atoms with Gasteiger partial charge >= 0.3 is 0 Å². The molecule has 1 aromatic carbocycles. The number of thiophene rings is 1. The van der Waals surface area contributed by atoms with Crippen LogP contribution in [0, 0.1) is 6.92 Å². The fourth-order valence-electron chi connectivity index (χ4n) is 4.43. The molecular weight excluding hydrogens is 470 g/mol. The summed E-state index contributed by atoms with van der Waals surface area (Å²) < 4.78 is 1.91. The molecule has 5 rings (SSSR count). The van der Waals surface area contributed by atoms with Gasteiger partial charge in [0.25, 0.3) is 5.91 Å². The molecule has 2 amide bonds. The number of imidazole rings is 1. The number of aryl methyl sites for hydroxylation is 1. The molecule has 7 nitrogen and oxygen atoms in total. The lowest BCUT2D eigenvalue weighted by Gasteiger charge is -2.32. The molecule has 1 aliphatic rings.